The van der Waals surface area contributed by atoms with E-state index >= 15 is 0 Å². The second-order valence-electron chi connectivity index (χ2n) is 4.14. The van der Waals surface area contributed by atoms with Gasteiger partial charge in [0, 0.05) is 22.3 Å². The second-order valence-corrected chi connectivity index (χ2v) is 4.14. The van der Waals surface area contributed by atoms with Crippen molar-refractivity contribution >= 4 is 17.5 Å². The van der Waals surface area contributed by atoms with Crippen LogP contribution in [0.5, 0.6) is 0 Å². The molecular formula is C13H15NO3. The molecule has 0 saturated heterocycles. The smallest absolute Gasteiger partial charge is 0.250 e. The van der Waals surface area contributed by atoms with Crippen LogP contribution in [0.4, 0.5) is 0 Å². The van der Waals surface area contributed by atoms with E-state index in [0.29, 0.717) is 11.1 Å². The van der Waals surface area contributed by atoms with E-state index in [2.05, 4.69) is 11.9 Å². The molecule has 1 aliphatic carbocycles. The molecule has 0 bridgehead atoms. The lowest BCUT2D eigenvalue weighted by molar-refractivity contribution is -0.120. The number of ketones is 2. The summed E-state index contributed by atoms with van der Waals surface area (Å²) in [4.78, 5) is 35.2. The third-order valence-corrected chi connectivity index (χ3v) is 2.81. The van der Waals surface area contributed by atoms with Gasteiger partial charge in [-0.2, -0.15) is 0 Å². The van der Waals surface area contributed by atoms with Crippen LogP contribution in [0.25, 0.3) is 0 Å². The third kappa shape index (κ3) is 2.25. The van der Waals surface area contributed by atoms with Gasteiger partial charge < -0.3 is 5.32 Å². The molecule has 4 heteroatoms. The molecule has 1 N–H and O–H groups in total. The van der Waals surface area contributed by atoms with Gasteiger partial charge in [0.1, 0.15) is 0 Å². The molecule has 1 amide bonds. The van der Waals surface area contributed by atoms with E-state index in [0.717, 1.165) is 0 Å². The zero-order chi connectivity index (χ0) is 13.3. The van der Waals surface area contributed by atoms with Crippen molar-refractivity contribution in [1.82, 2.24) is 5.32 Å². The standard InChI is InChI=1S/C13H15NO3/c1-6(2)13(17)14-10-9(5)11(15)7(3)8(4)12(10)16/h1H2,2-5H3,(H,14,17). The topological polar surface area (TPSA) is 63.2 Å². The van der Waals surface area contributed by atoms with Crippen molar-refractivity contribution in [2.45, 2.75) is 27.7 Å². The number of allylic oxidation sites excluding steroid dienone is 3. The fourth-order valence-corrected chi connectivity index (χ4v) is 1.46. The van der Waals surface area contributed by atoms with Gasteiger partial charge in [-0.25, -0.2) is 0 Å². The van der Waals surface area contributed by atoms with E-state index in [4.69, 9.17) is 0 Å². The molecule has 0 fully saturated rings. The van der Waals surface area contributed by atoms with Crippen LogP contribution in [0.3, 0.4) is 0 Å². The Balaban J connectivity index is 3.16. The molecule has 0 aliphatic heterocycles. The van der Waals surface area contributed by atoms with Gasteiger partial charge in [0.25, 0.3) is 5.91 Å². The Morgan fingerprint density at radius 3 is 1.94 bits per heavy atom. The van der Waals surface area contributed by atoms with Gasteiger partial charge in [0.05, 0.1) is 5.70 Å². The fourth-order valence-electron chi connectivity index (χ4n) is 1.46. The summed E-state index contributed by atoms with van der Waals surface area (Å²) in [5.41, 5.74) is 1.42. The molecule has 0 radical (unpaired) electrons. The number of amides is 1. The average Bonchev–Trinajstić information content (AvgIpc) is 2.29. The van der Waals surface area contributed by atoms with E-state index in [1.165, 1.54) is 13.8 Å². The molecule has 90 valence electrons. The molecule has 0 aromatic heterocycles. The molecule has 0 heterocycles. The fraction of sp³-hybridized carbons (Fsp3) is 0.308. The monoisotopic (exact) mass is 233 g/mol. The minimum absolute atomic E-state index is 0.0612. The van der Waals surface area contributed by atoms with Crippen LogP contribution >= 0.6 is 0 Å². The van der Waals surface area contributed by atoms with Gasteiger partial charge in [0.2, 0.25) is 5.78 Å². The highest BCUT2D eigenvalue weighted by molar-refractivity contribution is 6.25. The summed E-state index contributed by atoms with van der Waals surface area (Å²) < 4.78 is 0. The van der Waals surface area contributed by atoms with Crippen LogP contribution in [0, 0.1) is 0 Å². The highest BCUT2D eigenvalue weighted by Crippen LogP contribution is 2.22. The van der Waals surface area contributed by atoms with Crippen LogP contribution in [-0.2, 0) is 14.4 Å². The van der Waals surface area contributed by atoms with Gasteiger partial charge in [0.15, 0.2) is 5.78 Å². The second kappa shape index (κ2) is 4.49. The Morgan fingerprint density at radius 1 is 1.00 bits per heavy atom. The highest BCUT2D eigenvalue weighted by Gasteiger charge is 2.28. The first-order chi connectivity index (χ1) is 7.77. The summed E-state index contributed by atoms with van der Waals surface area (Å²) in [7, 11) is 0. The zero-order valence-corrected chi connectivity index (χ0v) is 10.4. The summed E-state index contributed by atoms with van der Waals surface area (Å²) in [5.74, 6) is -0.971. The van der Waals surface area contributed by atoms with Crippen LogP contribution in [0.1, 0.15) is 27.7 Å². The lowest BCUT2D eigenvalue weighted by atomic mass is 9.89. The first kappa shape index (κ1) is 13.1. The Hall–Kier alpha value is -1.97. The number of hydrogen-bond acceptors (Lipinski definition) is 3. The summed E-state index contributed by atoms with van der Waals surface area (Å²) in [5, 5.41) is 2.44. The Bertz CT molecular complexity index is 507. The molecule has 4 nitrogen and oxygen atoms in total. The molecule has 0 unspecified atom stereocenters. The first-order valence-corrected chi connectivity index (χ1v) is 5.22. The number of rotatable bonds is 2. The van der Waals surface area contributed by atoms with Gasteiger partial charge in [-0.05, 0) is 27.7 Å². The molecule has 0 aromatic carbocycles. The largest absolute Gasteiger partial charge is 0.319 e. The normalized spacial score (nSPS) is 16.5. The van der Waals surface area contributed by atoms with Crippen molar-refractivity contribution in [3.8, 4) is 0 Å². The molecular weight excluding hydrogens is 218 g/mol. The Labute approximate surface area is 100 Å². The number of nitrogens with one attached hydrogen (secondary N) is 1. The van der Waals surface area contributed by atoms with E-state index < -0.39 is 5.91 Å². The third-order valence-electron chi connectivity index (χ3n) is 2.81. The van der Waals surface area contributed by atoms with Crippen molar-refractivity contribution in [2.24, 2.45) is 0 Å². The predicted octanol–water partition coefficient (Wildman–Crippen LogP) is 1.44. The summed E-state index contributed by atoms with van der Waals surface area (Å²) in [6.07, 6.45) is 0. The predicted molar refractivity (Wildman–Crippen MR) is 64.0 cm³/mol. The van der Waals surface area contributed by atoms with Gasteiger partial charge >= 0.3 is 0 Å². The van der Waals surface area contributed by atoms with Crippen LogP contribution < -0.4 is 5.32 Å². The molecule has 0 atom stereocenters. The van der Waals surface area contributed by atoms with Crippen molar-refractivity contribution in [1.29, 1.82) is 0 Å². The van der Waals surface area contributed by atoms with Crippen molar-refractivity contribution in [3.63, 3.8) is 0 Å². The maximum Gasteiger partial charge on any atom is 0.250 e. The molecule has 1 rings (SSSR count). The van der Waals surface area contributed by atoms with E-state index in [1.807, 2.05) is 0 Å². The molecule has 17 heavy (non-hydrogen) atoms. The minimum atomic E-state index is -0.451. The van der Waals surface area contributed by atoms with Crippen LogP contribution in [-0.4, -0.2) is 17.5 Å². The molecule has 1 aliphatic rings. The van der Waals surface area contributed by atoms with Crippen LogP contribution in [0.2, 0.25) is 0 Å². The van der Waals surface area contributed by atoms with Crippen molar-refractivity contribution < 1.29 is 14.4 Å². The number of carbonyl (C=O) groups is 3. The van der Waals surface area contributed by atoms with Gasteiger partial charge in [-0.3, -0.25) is 14.4 Å². The minimum Gasteiger partial charge on any atom is -0.319 e. The van der Waals surface area contributed by atoms with E-state index in [-0.39, 0.29) is 28.4 Å². The highest BCUT2D eigenvalue weighted by atomic mass is 16.2. The van der Waals surface area contributed by atoms with Gasteiger partial charge in [-0.15, -0.1) is 0 Å². The lowest BCUT2D eigenvalue weighted by Gasteiger charge is -2.18. The summed E-state index contributed by atoms with van der Waals surface area (Å²) >= 11 is 0. The molecule has 0 saturated carbocycles. The van der Waals surface area contributed by atoms with Gasteiger partial charge in [-0.1, -0.05) is 6.58 Å². The number of Topliss-reactive ketones (excluding diaryl/α,β-unsaturated/α-hetero) is 2. The quantitative estimate of drug-likeness (QED) is 0.580. The van der Waals surface area contributed by atoms with E-state index in [1.54, 1.807) is 13.8 Å². The lowest BCUT2D eigenvalue weighted by Crippen LogP contribution is -2.33. The first-order valence-electron chi connectivity index (χ1n) is 5.22. The number of hydrogen-bond donors (Lipinski definition) is 1. The van der Waals surface area contributed by atoms with Crippen molar-refractivity contribution in [3.05, 3.63) is 34.6 Å². The Kier molecular flexibility index (Phi) is 3.46. The maximum atomic E-state index is 11.9. The van der Waals surface area contributed by atoms with Crippen molar-refractivity contribution in [2.75, 3.05) is 0 Å². The van der Waals surface area contributed by atoms with Crippen LogP contribution in [0.15, 0.2) is 34.6 Å². The zero-order valence-electron chi connectivity index (χ0n) is 10.4. The Morgan fingerprint density at radius 2 is 1.47 bits per heavy atom. The summed E-state index contributed by atoms with van der Waals surface area (Å²) in [6, 6.07) is 0. The molecule has 0 aromatic rings. The SMILES string of the molecule is C=C(C)C(=O)NC1=C(C)C(=O)C(C)=C(C)C1=O. The average molecular weight is 233 g/mol. The maximum absolute atomic E-state index is 11.9. The summed E-state index contributed by atoms with van der Waals surface area (Å²) in [6.45, 7) is 9.73. The number of carbonyl (C=O) groups excluding carboxylic acids is 3. The van der Waals surface area contributed by atoms with E-state index in [9.17, 15) is 14.4 Å². The molecule has 0 spiro atoms.